The number of hydrogen-bond acceptors (Lipinski definition) is 9. The summed E-state index contributed by atoms with van der Waals surface area (Å²) in [6.45, 7) is 48.9. The molecule has 0 aliphatic rings. The normalized spacial score (nSPS) is 13.3. The van der Waals surface area contributed by atoms with Crippen molar-refractivity contribution >= 4 is 35.3 Å². The zero-order valence-corrected chi connectivity index (χ0v) is 40.5. The van der Waals surface area contributed by atoms with Crippen molar-refractivity contribution in [3.05, 3.63) is 0 Å². The van der Waals surface area contributed by atoms with Gasteiger partial charge in [-0.05, 0) is 55.8 Å². The molecule has 1 atom stereocenters. The highest BCUT2D eigenvalue weighted by Gasteiger charge is 2.30. The lowest BCUT2D eigenvalue weighted by molar-refractivity contribution is -0.158. The van der Waals surface area contributed by atoms with Crippen LogP contribution in [0.5, 0.6) is 0 Å². The molecule has 0 aliphatic heterocycles. The van der Waals surface area contributed by atoms with E-state index < -0.39 is 16.9 Å². The number of ketones is 3. The van der Waals surface area contributed by atoms with Gasteiger partial charge in [0.2, 0.25) is 0 Å². The van der Waals surface area contributed by atoms with Crippen LogP contribution in [0, 0.1) is 43.3 Å². The molecule has 9 heteroatoms. The number of carbonyl (C=O) groups is 6. The third-order valence-electron chi connectivity index (χ3n) is 7.19. The van der Waals surface area contributed by atoms with E-state index in [0.717, 1.165) is 6.42 Å². The first kappa shape index (κ1) is 59.1. The lowest BCUT2D eigenvalue weighted by Gasteiger charge is -2.23. The van der Waals surface area contributed by atoms with Gasteiger partial charge in [-0.25, -0.2) is 0 Å². The number of ether oxygens (including phenoxy) is 3. The SMILES string of the molecule is CC(C)(C)CC(=O)C(C)(C)C.CC(C)(C)CC(=O)OCC(=O)C(C)(C)C.CC(C)(C)CCOC(=O)C(C)(C)C.CC(OC(=O)CC(C)(C)C)C(=O)C(C)(C)C. The molecule has 326 valence electrons. The van der Waals surface area contributed by atoms with Crippen LogP contribution >= 0.6 is 0 Å². The van der Waals surface area contributed by atoms with Crippen molar-refractivity contribution < 1.29 is 43.0 Å². The summed E-state index contributed by atoms with van der Waals surface area (Å²) >= 11 is 0. The second-order valence-electron chi connectivity index (χ2n) is 23.7. The van der Waals surface area contributed by atoms with Crippen LogP contribution in [0.4, 0.5) is 0 Å². The molecule has 0 spiro atoms. The molecular formula is C46H88O9. The lowest BCUT2D eigenvalue weighted by atomic mass is 9.80. The largest absolute Gasteiger partial charge is 0.465 e. The minimum Gasteiger partial charge on any atom is -0.465 e. The molecule has 0 aliphatic carbocycles. The van der Waals surface area contributed by atoms with E-state index in [1.807, 2.05) is 125 Å². The van der Waals surface area contributed by atoms with Crippen LogP contribution in [0.3, 0.4) is 0 Å². The fraction of sp³-hybridized carbons (Fsp3) is 0.870. The maximum atomic E-state index is 11.8. The predicted molar refractivity (Wildman–Crippen MR) is 227 cm³/mol. The Bertz CT molecular complexity index is 1200. The first-order valence-corrected chi connectivity index (χ1v) is 19.8. The van der Waals surface area contributed by atoms with Crippen LogP contribution in [0.15, 0.2) is 0 Å². The van der Waals surface area contributed by atoms with Gasteiger partial charge in [-0.1, -0.05) is 145 Å². The fourth-order valence-corrected chi connectivity index (χ4v) is 3.60. The fourth-order valence-electron chi connectivity index (χ4n) is 3.60. The Morgan fingerprint density at radius 3 is 1.05 bits per heavy atom. The van der Waals surface area contributed by atoms with E-state index in [4.69, 9.17) is 14.2 Å². The summed E-state index contributed by atoms with van der Waals surface area (Å²) in [5.41, 5.74) is -1.30. The van der Waals surface area contributed by atoms with Crippen molar-refractivity contribution in [2.24, 2.45) is 43.3 Å². The molecular weight excluding hydrogens is 696 g/mol. The van der Waals surface area contributed by atoms with Gasteiger partial charge >= 0.3 is 17.9 Å². The summed E-state index contributed by atoms with van der Waals surface area (Å²) in [6, 6.07) is 0. The molecule has 0 amide bonds. The van der Waals surface area contributed by atoms with Gasteiger partial charge < -0.3 is 14.2 Å². The maximum Gasteiger partial charge on any atom is 0.311 e. The zero-order chi connectivity index (χ0) is 45.4. The second kappa shape index (κ2) is 23.0. The van der Waals surface area contributed by atoms with Gasteiger partial charge in [0, 0.05) is 22.7 Å². The van der Waals surface area contributed by atoms with E-state index in [9.17, 15) is 28.8 Å². The summed E-state index contributed by atoms with van der Waals surface area (Å²) in [7, 11) is 0. The molecule has 0 saturated carbocycles. The predicted octanol–water partition coefficient (Wildman–Crippen LogP) is 11.6. The highest BCUT2D eigenvalue weighted by Crippen LogP contribution is 2.27. The van der Waals surface area contributed by atoms with E-state index in [2.05, 4.69) is 41.5 Å². The summed E-state index contributed by atoms with van der Waals surface area (Å²) in [4.78, 5) is 68.9. The molecule has 0 aromatic carbocycles. The van der Waals surface area contributed by atoms with E-state index in [1.165, 1.54) is 0 Å². The minimum absolute atomic E-state index is 0.0465. The van der Waals surface area contributed by atoms with Crippen LogP contribution in [-0.2, 0) is 43.0 Å². The molecule has 0 saturated heterocycles. The smallest absolute Gasteiger partial charge is 0.311 e. The van der Waals surface area contributed by atoms with E-state index >= 15 is 0 Å². The Balaban J connectivity index is -0.000000318. The van der Waals surface area contributed by atoms with Gasteiger partial charge in [-0.3, -0.25) is 28.8 Å². The number of hydrogen-bond donors (Lipinski definition) is 0. The van der Waals surface area contributed by atoms with Gasteiger partial charge in [0.1, 0.15) is 5.78 Å². The molecule has 0 aromatic rings. The third-order valence-corrected chi connectivity index (χ3v) is 7.19. The topological polar surface area (TPSA) is 130 Å². The Kier molecular flexibility index (Phi) is 24.7. The summed E-state index contributed by atoms with van der Waals surface area (Å²) in [5.74, 6) is -0.473. The van der Waals surface area contributed by atoms with Crippen molar-refractivity contribution in [2.45, 2.75) is 205 Å². The van der Waals surface area contributed by atoms with Crippen molar-refractivity contribution in [2.75, 3.05) is 13.2 Å². The first-order chi connectivity index (χ1) is 23.7. The zero-order valence-electron chi connectivity index (χ0n) is 40.5. The minimum atomic E-state index is -0.658. The molecule has 0 heterocycles. The second-order valence-corrected chi connectivity index (χ2v) is 23.7. The average molecular weight is 785 g/mol. The van der Waals surface area contributed by atoms with Crippen LogP contribution < -0.4 is 0 Å². The van der Waals surface area contributed by atoms with Gasteiger partial charge in [0.05, 0.1) is 24.9 Å². The average Bonchev–Trinajstić information content (AvgIpc) is 2.86. The molecule has 1 unspecified atom stereocenters. The van der Waals surface area contributed by atoms with Crippen LogP contribution in [0.2, 0.25) is 0 Å². The van der Waals surface area contributed by atoms with Crippen LogP contribution in [-0.4, -0.2) is 54.6 Å². The van der Waals surface area contributed by atoms with Crippen molar-refractivity contribution in [3.8, 4) is 0 Å². The van der Waals surface area contributed by atoms with Crippen LogP contribution in [0.25, 0.3) is 0 Å². The standard InChI is InChI=1S/C13H24O3.C12H22O3.C11H22O2.C10H20O/c1-9(11(15)13(5,6)7)16-10(14)8-12(2,3)4;1-11(2,3)7-10(14)15-8-9(13)12(4,5)6;1-10(2,3)7-8-13-9(12)11(4,5)6;1-9(2,3)7-8(11)10(4,5)6/h9H,8H2,1-7H3;7-8H2,1-6H3;7-8H2,1-6H3;7H2,1-6H3. The number of rotatable bonds is 9. The Hall–Kier alpha value is -2.58. The first-order valence-electron chi connectivity index (χ1n) is 19.8. The molecule has 9 nitrogen and oxygen atoms in total. The van der Waals surface area contributed by atoms with Crippen molar-refractivity contribution in [1.29, 1.82) is 0 Å². The van der Waals surface area contributed by atoms with E-state index in [-0.39, 0.29) is 68.6 Å². The van der Waals surface area contributed by atoms with Gasteiger partial charge in [-0.2, -0.15) is 0 Å². The summed E-state index contributed by atoms with van der Waals surface area (Å²) < 4.78 is 15.2. The molecule has 0 fully saturated rings. The Morgan fingerprint density at radius 1 is 0.418 bits per heavy atom. The molecule has 0 rings (SSSR count). The molecule has 0 aromatic heterocycles. The Labute approximate surface area is 338 Å². The number of esters is 3. The highest BCUT2D eigenvalue weighted by molar-refractivity contribution is 5.89. The van der Waals surface area contributed by atoms with Gasteiger partial charge in [-0.15, -0.1) is 0 Å². The number of Topliss-reactive ketones (excluding diaryl/α,β-unsaturated/α-hetero) is 3. The quantitative estimate of drug-likeness (QED) is 0.166. The molecule has 55 heavy (non-hydrogen) atoms. The molecule has 0 bridgehead atoms. The third kappa shape index (κ3) is 39.5. The summed E-state index contributed by atoms with van der Waals surface area (Å²) in [5, 5.41) is 0. The van der Waals surface area contributed by atoms with Gasteiger partial charge in [0.15, 0.2) is 24.3 Å². The highest BCUT2D eigenvalue weighted by atomic mass is 16.5. The lowest BCUT2D eigenvalue weighted by Crippen LogP contribution is -2.34. The van der Waals surface area contributed by atoms with Gasteiger partial charge in [0.25, 0.3) is 0 Å². The summed E-state index contributed by atoms with van der Waals surface area (Å²) in [6.07, 6.45) is 1.60. The number of carbonyl (C=O) groups excluding carboxylic acids is 6. The van der Waals surface area contributed by atoms with E-state index in [1.54, 1.807) is 6.92 Å². The monoisotopic (exact) mass is 785 g/mol. The molecule has 0 radical (unpaired) electrons. The molecule has 0 N–H and O–H groups in total. The van der Waals surface area contributed by atoms with Crippen LogP contribution in [0.1, 0.15) is 199 Å². The van der Waals surface area contributed by atoms with Crippen molar-refractivity contribution in [3.63, 3.8) is 0 Å². The maximum absolute atomic E-state index is 11.8. The van der Waals surface area contributed by atoms with Crippen molar-refractivity contribution in [1.82, 2.24) is 0 Å². The Morgan fingerprint density at radius 2 is 0.782 bits per heavy atom. The van der Waals surface area contributed by atoms with E-state index in [0.29, 0.717) is 31.7 Å².